The number of nitrogens with zero attached hydrogens (tertiary/aromatic N) is 3. The lowest BCUT2D eigenvalue weighted by molar-refractivity contribution is 0.351. The van der Waals surface area contributed by atoms with E-state index in [1.807, 2.05) is 6.07 Å². The van der Waals surface area contributed by atoms with Crippen LogP contribution in [0.25, 0.3) is 11.2 Å². The van der Waals surface area contributed by atoms with E-state index in [4.69, 9.17) is 10.7 Å². The molecule has 1 aliphatic carbocycles. The Labute approximate surface area is 114 Å². The topological polar surface area (TPSA) is 56.7 Å². The van der Waals surface area contributed by atoms with Crippen molar-refractivity contribution in [2.75, 3.05) is 6.54 Å². The number of aromatic nitrogens is 3. The van der Waals surface area contributed by atoms with Gasteiger partial charge in [0.05, 0.1) is 5.52 Å². The van der Waals surface area contributed by atoms with Crippen LogP contribution in [0.15, 0.2) is 18.3 Å². The molecule has 1 aliphatic rings. The van der Waals surface area contributed by atoms with E-state index in [-0.39, 0.29) is 5.41 Å². The van der Waals surface area contributed by atoms with Gasteiger partial charge in [0.1, 0.15) is 5.82 Å². The molecular formula is C15H22N4. The SMILES string of the molecule is Cn1c(C2(CN)CCCCCC2)nc2ncccc21. The zero-order valence-corrected chi connectivity index (χ0v) is 11.6. The molecule has 0 bridgehead atoms. The second-order valence-electron chi connectivity index (χ2n) is 5.74. The van der Waals surface area contributed by atoms with E-state index in [9.17, 15) is 0 Å². The average Bonchev–Trinajstić information content (AvgIpc) is 2.65. The largest absolute Gasteiger partial charge is 0.329 e. The molecule has 0 atom stereocenters. The number of pyridine rings is 1. The Morgan fingerprint density at radius 2 is 2.00 bits per heavy atom. The minimum absolute atomic E-state index is 0.0476. The van der Waals surface area contributed by atoms with E-state index in [1.165, 1.54) is 25.7 Å². The van der Waals surface area contributed by atoms with Gasteiger partial charge in [-0.2, -0.15) is 0 Å². The van der Waals surface area contributed by atoms with Gasteiger partial charge in [0.15, 0.2) is 5.65 Å². The minimum atomic E-state index is 0.0476. The quantitative estimate of drug-likeness (QED) is 0.842. The molecule has 1 fully saturated rings. The summed E-state index contributed by atoms with van der Waals surface area (Å²) >= 11 is 0. The van der Waals surface area contributed by atoms with Gasteiger partial charge >= 0.3 is 0 Å². The summed E-state index contributed by atoms with van der Waals surface area (Å²) in [5, 5.41) is 0. The lowest BCUT2D eigenvalue weighted by Gasteiger charge is -2.30. The molecule has 1 saturated carbocycles. The number of rotatable bonds is 2. The molecule has 0 radical (unpaired) electrons. The average molecular weight is 258 g/mol. The van der Waals surface area contributed by atoms with Crippen LogP contribution in [0, 0.1) is 0 Å². The molecule has 3 rings (SSSR count). The highest BCUT2D eigenvalue weighted by Crippen LogP contribution is 2.37. The van der Waals surface area contributed by atoms with Gasteiger partial charge in [-0.15, -0.1) is 0 Å². The van der Waals surface area contributed by atoms with Crippen LogP contribution in [0.5, 0.6) is 0 Å². The standard InChI is InChI=1S/C15H22N4/c1-19-12-7-6-10-17-13(12)18-14(19)15(11-16)8-4-2-3-5-9-15/h6-7,10H,2-5,8-9,11,16H2,1H3. The molecule has 2 aromatic heterocycles. The third-order valence-corrected chi connectivity index (χ3v) is 4.58. The third-order valence-electron chi connectivity index (χ3n) is 4.58. The van der Waals surface area contributed by atoms with E-state index in [2.05, 4.69) is 22.7 Å². The number of hydrogen-bond acceptors (Lipinski definition) is 3. The Bertz CT molecular complexity index is 565. The van der Waals surface area contributed by atoms with Gasteiger partial charge in [0.25, 0.3) is 0 Å². The summed E-state index contributed by atoms with van der Waals surface area (Å²) in [6.07, 6.45) is 9.28. The molecule has 2 heterocycles. The fraction of sp³-hybridized carbons (Fsp3) is 0.600. The summed E-state index contributed by atoms with van der Waals surface area (Å²) in [5.74, 6) is 1.13. The van der Waals surface area contributed by atoms with Gasteiger partial charge in [0.2, 0.25) is 0 Å². The molecular weight excluding hydrogens is 236 g/mol. The summed E-state index contributed by atoms with van der Waals surface area (Å²) in [5.41, 5.74) is 8.15. The van der Waals surface area contributed by atoms with Crippen LogP contribution in [-0.2, 0) is 12.5 Å². The molecule has 102 valence electrons. The van der Waals surface area contributed by atoms with Crippen molar-refractivity contribution in [2.45, 2.75) is 43.9 Å². The second kappa shape index (κ2) is 4.93. The number of fused-ring (bicyclic) bond motifs is 1. The van der Waals surface area contributed by atoms with Gasteiger partial charge in [-0.3, -0.25) is 0 Å². The first-order valence-electron chi connectivity index (χ1n) is 7.25. The lowest BCUT2D eigenvalue weighted by atomic mass is 9.79. The first kappa shape index (κ1) is 12.6. The number of aryl methyl sites for hydroxylation is 1. The van der Waals surface area contributed by atoms with Crippen molar-refractivity contribution in [1.29, 1.82) is 0 Å². The molecule has 2 N–H and O–H groups in total. The van der Waals surface area contributed by atoms with Crippen LogP contribution in [-0.4, -0.2) is 21.1 Å². The second-order valence-corrected chi connectivity index (χ2v) is 5.74. The van der Waals surface area contributed by atoms with Crippen molar-refractivity contribution in [3.63, 3.8) is 0 Å². The Morgan fingerprint density at radius 1 is 1.26 bits per heavy atom. The molecule has 4 heteroatoms. The number of hydrogen-bond donors (Lipinski definition) is 1. The predicted octanol–water partition coefficient (Wildman–Crippen LogP) is 2.52. The van der Waals surface area contributed by atoms with E-state index < -0.39 is 0 Å². The maximum absolute atomic E-state index is 6.16. The predicted molar refractivity (Wildman–Crippen MR) is 76.9 cm³/mol. The van der Waals surface area contributed by atoms with Crippen LogP contribution in [0.4, 0.5) is 0 Å². The smallest absolute Gasteiger partial charge is 0.177 e. The fourth-order valence-electron chi connectivity index (χ4n) is 3.42. The summed E-state index contributed by atoms with van der Waals surface area (Å²) in [7, 11) is 2.09. The highest BCUT2D eigenvalue weighted by atomic mass is 15.1. The van der Waals surface area contributed by atoms with Crippen molar-refractivity contribution in [3.8, 4) is 0 Å². The van der Waals surface area contributed by atoms with Gasteiger partial charge in [-0.1, -0.05) is 25.7 Å². The van der Waals surface area contributed by atoms with Crippen LogP contribution in [0.3, 0.4) is 0 Å². The maximum Gasteiger partial charge on any atom is 0.177 e. The van der Waals surface area contributed by atoms with Crippen molar-refractivity contribution in [2.24, 2.45) is 12.8 Å². The highest BCUT2D eigenvalue weighted by Gasteiger charge is 2.35. The maximum atomic E-state index is 6.16. The zero-order chi connectivity index (χ0) is 13.3. The number of nitrogens with two attached hydrogens (primary N) is 1. The number of imidazole rings is 1. The zero-order valence-electron chi connectivity index (χ0n) is 11.6. The van der Waals surface area contributed by atoms with Gasteiger partial charge < -0.3 is 10.3 Å². The Kier molecular flexibility index (Phi) is 3.27. The summed E-state index contributed by atoms with van der Waals surface area (Å²) in [6, 6.07) is 4.05. The first-order valence-corrected chi connectivity index (χ1v) is 7.25. The van der Waals surface area contributed by atoms with E-state index in [0.717, 1.165) is 29.8 Å². The minimum Gasteiger partial charge on any atom is -0.329 e. The van der Waals surface area contributed by atoms with Gasteiger partial charge in [-0.25, -0.2) is 9.97 Å². The first-order chi connectivity index (χ1) is 9.27. The van der Waals surface area contributed by atoms with Gasteiger partial charge in [-0.05, 0) is 25.0 Å². The molecule has 0 amide bonds. The van der Waals surface area contributed by atoms with Crippen LogP contribution >= 0.6 is 0 Å². The molecule has 19 heavy (non-hydrogen) atoms. The Hall–Kier alpha value is -1.42. The van der Waals surface area contributed by atoms with Crippen LogP contribution < -0.4 is 5.73 Å². The molecule has 0 unspecified atom stereocenters. The summed E-state index contributed by atoms with van der Waals surface area (Å²) < 4.78 is 2.19. The van der Waals surface area contributed by atoms with Crippen LogP contribution in [0.1, 0.15) is 44.3 Å². The Morgan fingerprint density at radius 3 is 2.63 bits per heavy atom. The highest BCUT2D eigenvalue weighted by molar-refractivity contribution is 5.71. The third kappa shape index (κ3) is 2.04. The summed E-state index contributed by atoms with van der Waals surface area (Å²) in [4.78, 5) is 9.17. The van der Waals surface area contributed by atoms with E-state index in [1.54, 1.807) is 6.20 Å². The van der Waals surface area contributed by atoms with Crippen molar-refractivity contribution < 1.29 is 0 Å². The van der Waals surface area contributed by atoms with E-state index >= 15 is 0 Å². The molecule has 2 aromatic rings. The van der Waals surface area contributed by atoms with Crippen molar-refractivity contribution >= 4 is 11.2 Å². The molecule has 0 saturated heterocycles. The Balaban J connectivity index is 2.12. The van der Waals surface area contributed by atoms with Crippen molar-refractivity contribution in [1.82, 2.24) is 14.5 Å². The van der Waals surface area contributed by atoms with E-state index in [0.29, 0.717) is 6.54 Å². The summed E-state index contributed by atoms with van der Waals surface area (Å²) in [6.45, 7) is 0.685. The van der Waals surface area contributed by atoms with Crippen LogP contribution in [0.2, 0.25) is 0 Å². The molecule has 0 aromatic carbocycles. The van der Waals surface area contributed by atoms with Gasteiger partial charge in [0, 0.05) is 25.2 Å². The molecule has 0 spiro atoms. The lowest BCUT2D eigenvalue weighted by Crippen LogP contribution is -2.37. The normalized spacial score (nSPS) is 19.5. The fourth-order valence-corrected chi connectivity index (χ4v) is 3.42. The molecule has 0 aliphatic heterocycles. The molecule has 4 nitrogen and oxygen atoms in total. The van der Waals surface area contributed by atoms with Crippen molar-refractivity contribution in [3.05, 3.63) is 24.2 Å². The monoisotopic (exact) mass is 258 g/mol.